The highest BCUT2D eigenvalue weighted by Crippen LogP contribution is 2.14. The first-order valence-corrected chi connectivity index (χ1v) is 10.6. The van der Waals surface area contributed by atoms with Crippen LogP contribution in [0.5, 0.6) is 5.75 Å². The summed E-state index contributed by atoms with van der Waals surface area (Å²) in [7, 11) is 0. The summed E-state index contributed by atoms with van der Waals surface area (Å²) in [6, 6.07) is 17.1. The third-order valence-electron chi connectivity index (χ3n) is 4.84. The molecule has 0 radical (unpaired) electrons. The molecule has 0 aliphatic rings. The highest BCUT2D eigenvalue weighted by Gasteiger charge is 2.28. The molecule has 0 spiro atoms. The Balaban J connectivity index is 2.07. The number of aryl methyl sites for hydroxylation is 1. The van der Waals surface area contributed by atoms with E-state index in [0.717, 1.165) is 12.0 Å². The molecule has 2 rings (SSSR count). The molecule has 0 heterocycles. The van der Waals surface area contributed by atoms with E-state index in [2.05, 4.69) is 12.2 Å². The summed E-state index contributed by atoms with van der Waals surface area (Å²) in [4.78, 5) is 27.3. The molecule has 0 aliphatic heterocycles. The summed E-state index contributed by atoms with van der Waals surface area (Å²) in [6.07, 6.45) is 1.62. The zero-order valence-electron chi connectivity index (χ0n) is 18.8. The van der Waals surface area contributed by atoms with E-state index in [-0.39, 0.29) is 24.0 Å². The number of amides is 2. The minimum Gasteiger partial charge on any atom is -0.484 e. The van der Waals surface area contributed by atoms with Gasteiger partial charge in [0.15, 0.2) is 6.61 Å². The molecule has 30 heavy (non-hydrogen) atoms. The molecule has 5 nitrogen and oxygen atoms in total. The molecule has 0 bridgehead atoms. The number of hydrogen-bond acceptors (Lipinski definition) is 3. The van der Waals surface area contributed by atoms with Crippen LogP contribution in [0.3, 0.4) is 0 Å². The van der Waals surface area contributed by atoms with Crippen LogP contribution < -0.4 is 10.1 Å². The van der Waals surface area contributed by atoms with Gasteiger partial charge in [-0.05, 0) is 63.8 Å². The van der Waals surface area contributed by atoms with Crippen molar-refractivity contribution in [3.8, 4) is 5.75 Å². The van der Waals surface area contributed by atoms with E-state index in [0.29, 0.717) is 18.7 Å². The summed E-state index contributed by atoms with van der Waals surface area (Å²) in [5, 5.41) is 2.97. The van der Waals surface area contributed by atoms with Crippen LogP contribution in [0.25, 0.3) is 0 Å². The van der Waals surface area contributed by atoms with Crippen molar-refractivity contribution < 1.29 is 14.3 Å². The standard InChI is InChI=1S/C25H34N2O3/c1-6-20-12-14-22(15-13-20)30-18-23(28)27(17-16-21-10-8-7-9-11-21)19(2)24(29)26-25(3,4)5/h7-15,19H,6,16-18H2,1-5H3,(H,26,29)/t19-/m0/s1. The molecule has 5 heteroatoms. The van der Waals surface area contributed by atoms with E-state index < -0.39 is 6.04 Å². The first-order chi connectivity index (χ1) is 14.2. The Labute approximate surface area is 180 Å². The van der Waals surface area contributed by atoms with Gasteiger partial charge in [-0.25, -0.2) is 0 Å². The highest BCUT2D eigenvalue weighted by molar-refractivity contribution is 5.88. The molecule has 1 atom stereocenters. The largest absolute Gasteiger partial charge is 0.484 e. The van der Waals surface area contributed by atoms with Crippen LogP contribution in [0.15, 0.2) is 54.6 Å². The molecule has 1 N–H and O–H groups in total. The third-order valence-corrected chi connectivity index (χ3v) is 4.84. The Bertz CT molecular complexity index is 811. The average molecular weight is 411 g/mol. The molecule has 2 aromatic carbocycles. The summed E-state index contributed by atoms with van der Waals surface area (Å²) in [5.41, 5.74) is 1.97. The zero-order chi connectivity index (χ0) is 22.1. The average Bonchev–Trinajstić information content (AvgIpc) is 2.72. The van der Waals surface area contributed by atoms with Crippen molar-refractivity contribution in [3.05, 3.63) is 65.7 Å². The van der Waals surface area contributed by atoms with Crippen LogP contribution in [0, 0.1) is 0 Å². The lowest BCUT2D eigenvalue weighted by Gasteiger charge is -2.31. The molecular weight excluding hydrogens is 376 g/mol. The molecule has 0 saturated carbocycles. The molecule has 2 aromatic rings. The Hall–Kier alpha value is -2.82. The molecule has 0 aromatic heterocycles. The topological polar surface area (TPSA) is 58.6 Å². The molecule has 2 amide bonds. The SMILES string of the molecule is CCc1ccc(OCC(=O)N(CCc2ccccc2)[C@@H](C)C(=O)NC(C)(C)C)cc1. The van der Waals surface area contributed by atoms with Crippen molar-refractivity contribution in [3.63, 3.8) is 0 Å². The van der Waals surface area contributed by atoms with Crippen molar-refractivity contribution in [2.24, 2.45) is 0 Å². The maximum absolute atomic E-state index is 13.0. The van der Waals surface area contributed by atoms with Crippen molar-refractivity contribution in [1.29, 1.82) is 0 Å². The van der Waals surface area contributed by atoms with E-state index in [4.69, 9.17) is 4.74 Å². The summed E-state index contributed by atoms with van der Waals surface area (Å²) in [6.45, 7) is 9.98. The van der Waals surface area contributed by atoms with E-state index in [1.165, 1.54) is 5.56 Å². The van der Waals surface area contributed by atoms with Gasteiger partial charge in [0.05, 0.1) is 0 Å². The van der Waals surface area contributed by atoms with Crippen molar-refractivity contribution in [2.45, 2.75) is 59.0 Å². The number of carbonyl (C=O) groups excluding carboxylic acids is 2. The van der Waals surface area contributed by atoms with Gasteiger partial charge in [0.1, 0.15) is 11.8 Å². The van der Waals surface area contributed by atoms with E-state index in [1.807, 2.05) is 75.4 Å². The molecule has 162 valence electrons. The summed E-state index contributed by atoms with van der Waals surface area (Å²) < 4.78 is 5.71. The van der Waals surface area contributed by atoms with Crippen molar-refractivity contribution in [2.75, 3.05) is 13.2 Å². The van der Waals surface area contributed by atoms with Gasteiger partial charge in [-0.15, -0.1) is 0 Å². The number of carbonyl (C=O) groups is 2. The van der Waals surface area contributed by atoms with Crippen molar-refractivity contribution in [1.82, 2.24) is 10.2 Å². The molecule has 0 aliphatic carbocycles. The van der Waals surface area contributed by atoms with E-state index >= 15 is 0 Å². The predicted molar refractivity (Wildman–Crippen MR) is 121 cm³/mol. The Morgan fingerprint density at radius 2 is 1.63 bits per heavy atom. The van der Waals surface area contributed by atoms with Gasteiger partial charge >= 0.3 is 0 Å². The van der Waals surface area contributed by atoms with Crippen LogP contribution >= 0.6 is 0 Å². The zero-order valence-corrected chi connectivity index (χ0v) is 18.8. The van der Waals surface area contributed by atoms with Gasteiger partial charge < -0.3 is 15.0 Å². The predicted octanol–water partition coefficient (Wildman–Crippen LogP) is 4.00. The molecule has 0 saturated heterocycles. The Kier molecular flexibility index (Phi) is 8.46. The number of benzene rings is 2. The number of rotatable bonds is 9. The maximum atomic E-state index is 13.0. The minimum absolute atomic E-state index is 0.104. The lowest BCUT2D eigenvalue weighted by Crippen LogP contribution is -2.53. The van der Waals surface area contributed by atoms with Crippen LogP contribution in [0.2, 0.25) is 0 Å². The van der Waals surface area contributed by atoms with Gasteiger partial charge in [0, 0.05) is 12.1 Å². The third kappa shape index (κ3) is 7.54. The van der Waals surface area contributed by atoms with E-state index in [1.54, 1.807) is 11.8 Å². The van der Waals surface area contributed by atoms with Crippen molar-refractivity contribution >= 4 is 11.8 Å². The Morgan fingerprint density at radius 3 is 2.20 bits per heavy atom. The van der Waals surface area contributed by atoms with Crippen LogP contribution in [0.1, 0.15) is 45.7 Å². The molecular formula is C25H34N2O3. The lowest BCUT2D eigenvalue weighted by molar-refractivity contribution is -0.142. The summed E-state index contributed by atoms with van der Waals surface area (Å²) >= 11 is 0. The van der Waals surface area contributed by atoms with Gasteiger partial charge in [-0.3, -0.25) is 9.59 Å². The van der Waals surface area contributed by atoms with Gasteiger partial charge in [-0.1, -0.05) is 49.4 Å². The van der Waals surface area contributed by atoms with Crippen LogP contribution in [-0.2, 0) is 22.4 Å². The smallest absolute Gasteiger partial charge is 0.261 e. The maximum Gasteiger partial charge on any atom is 0.261 e. The van der Waals surface area contributed by atoms with Gasteiger partial charge in [0.25, 0.3) is 5.91 Å². The second-order valence-electron chi connectivity index (χ2n) is 8.52. The number of nitrogens with zero attached hydrogens (tertiary/aromatic N) is 1. The first-order valence-electron chi connectivity index (χ1n) is 10.6. The van der Waals surface area contributed by atoms with Gasteiger partial charge in [0.2, 0.25) is 5.91 Å². The number of hydrogen-bond donors (Lipinski definition) is 1. The van der Waals surface area contributed by atoms with Crippen LogP contribution in [-0.4, -0.2) is 41.4 Å². The second-order valence-corrected chi connectivity index (χ2v) is 8.52. The first kappa shape index (κ1) is 23.5. The highest BCUT2D eigenvalue weighted by atomic mass is 16.5. The number of nitrogens with one attached hydrogen (secondary N) is 1. The second kappa shape index (κ2) is 10.8. The van der Waals surface area contributed by atoms with E-state index in [9.17, 15) is 9.59 Å². The Morgan fingerprint density at radius 1 is 1.00 bits per heavy atom. The monoisotopic (exact) mass is 410 g/mol. The molecule has 0 unspecified atom stereocenters. The minimum atomic E-state index is -0.591. The van der Waals surface area contributed by atoms with Gasteiger partial charge in [-0.2, -0.15) is 0 Å². The van der Waals surface area contributed by atoms with Crippen LogP contribution in [0.4, 0.5) is 0 Å². The number of ether oxygens (including phenoxy) is 1. The summed E-state index contributed by atoms with van der Waals surface area (Å²) in [5.74, 6) is 0.272. The normalized spacial score (nSPS) is 12.2. The fourth-order valence-electron chi connectivity index (χ4n) is 3.09. The fraction of sp³-hybridized carbons (Fsp3) is 0.440. The quantitative estimate of drug-likeness (QED) is 0.680. The fourth-order valence-corrected chi connectivity index (χ4v) is 3.09. The molecule has 0 fully saturated rings. The lowest BCUT2D eigenvalue weighted by atomic mass is 10.1.